The summed E-state index contributed by atoms with van der Waals surface area (Å²) < 4.78 is 14.3. The van der Waals surface area contributed by atoms with Crippen LogP contribution in [0.5, 0.6) is 0 Å². The van der Waals surface area contributed by atoms with Gasteiger partial charge in [0.15, 0.2) is 0 Å². The Morgan fingerprint density at radius 3 is 2.35 bits per heavy atom. The van der Waals surface area contributed by atoms with Gasteiger partial charge in [-0.3, -0.25) is 4.21 Å². The molecule has 2 aromatic carbocycles. The Kier molecular flexibility index (Phi) is 4.64. The first-order valence-corrected chi connectivity index (χ1v) is 9.00. The van der Waals surface area contributed by atoms with Crippen LogP contribution in [0.2, 0.25) is 5.15 Å². The van der Waals surface area contributed by atoms with Crippen molar-refractivity contribution in [2.45, 2.75) is 24.5 Å². The Morgan fingerprint density at radius 2 is 1.70 bits per heavy atom. The molecule has 3 nitrogen and oxygen atoms in total. The second kappa shape index (κ2) is 6.69. The van der Waals surface area contributed by atoms with Crippen molar-refractivity contribution < 1.29 is 4.21 Å². The SMILES string of the molecule is Cc1ccc([S@@](=O)Cc2c(C)nn(-c3ccccc3)c2Cl)cc1. The molecule has 0 fully saturated rings. The molecule has 23 heavy (non-hydrogen) atoms. The number of rotatable bonds is 4. The molecule has 0 spiro atoms. The van der Waals surface area contributed by atoms with Gasteiger partial charge >= 0.3 is 0 Å². The highest BCUT2D eigenvalue weighted by Crippen LogP contribution is 2.26. The summed E-state index contributed by atoms with van der Waals surface area (Å²) >= 11 is 6.49. The van der Waals surface area contributed by atoms with E-state index < -0.39 is 10.8 Å². The summed E-state index contributed by atoms with van der Waals surface area (Å²) in [6.07, 6.45) is 0. The zero-order valence-electron chi connectivity index (χ0n) is 13.0. The zero-order valence-corrected chi connectivity index (χ0v) is 14.6. The molecule has 0 aliphatic heterocycles. The molecule has 0 saturated carbocycles. The van der Waals surface area contributed by atoms with Crippen molar-refractivity contribution in [1.29, 1.82) is 0 Å². The summed E-state index contributed by atoms with van der Waals surface area (Å²) in [4.78, 5) is 0.804. The number of para-hydroxylation sites is 1. The van der Waals surface area contributed by atoms with Gasteiger partial charge in [-0.05, 0) is 38.1 Å². The van der Waals surface area contributed by atoms with Gasteiger partial charge in [0.25, 0.3) is 0 Å². The first kappa shape index (κ1) is 16.0. The smallest absolute Gasteiger partial charge is 0.137 e. The van der Waals surface area contributed by atoms with Gasteiger partial charge in [0.2, 0.25) is 0 Å². The molecular formula is C18H17ClN2OS. The molecule has 1 aromatic heterocycles. The molecule has 118 valence electrons. The minimum atomic E-state index is -1.14. The number of aryl methyl sites for hydroxylation is 2. The monoisotopic (exact) mass is 344 g/mol. The lowest BCUT2D eigenvalue weighted by Gasteiger charge is -2.04. The fraction of sp³-hybridized carbons (Fsp3) is 0.167. The average molecular weight is 345 g/mol. The van der Waals surface area contributed by atoms with Crippen LogP contribution in [0, 0.1) is 13.8 Å². The maximum atomic E-state index is 12.6. The van der Waals surface area contributed by atoms with Gasteiger partial charge in [0.05, 0.1) is 27.9 Å². The highest BCUT2D eigenvalue weighted by molar-refractivity contribution is 7.84. The molecular weight excluding hydrogens is 328 g/mol. The molecule has 3 rings (SSSR count). The minimum Gasteiger partial charge on any atom is -0.254 e. The van der Waals surface area contributed by atoms with Gasteiger partial charge < -0.3 is 0 Å². The molecule has 0 bridgehead atoms. The third-order valence-electron chi connectivity index (χ3n) is 3.68. The van der Waals surface area contributed by atoms with E-state index in [2.05, 4.69) is 5.10 Å². The molecule has 1 atom stereocenters. The van der Waals surface area contributed by atoms with Crippen molar-refractivity contribution in [2.24, 2.45) is 0 Å². The van der Waals surface area contributed by atoms with E-state index in [4.69, 9.17) is 11.6 Å². The summed E-state index contributed by atoms with van der Waals surface area (Å²) in [6, 6.07) is 17.4. The second-order valence-corrected chi connectivity index (χ2v) is 7.21. The standard InChI is InChI=1S/C18H17ClN2OS/c1-13-8-10-16(11-9-13)23(22)12-17-14(2)20-21(18(17)19)15-6-4-3-5-7-15/h3-11H,12H2,1-2H3/t23-/m0/s1. The maximum Gasteiger partial charge on any atom is 0.137 e. The van der Waals surface area contributed by atoms with Gasteiger partial charge in [-0.25, -0.2) is 4.68 Å². The third kappa shape index (κ3) is 3.38. The van der Waals surface area contributed by atoms with E-state index in [-0.39, 0.29) is 0 Å². The zero-order chi connectivity index (χ0) is 16.4. The van der Waals surface area contributed by atoms with Crippen LogP contribution >= 0.6 is 11.6 Å². The van der Waals surface area contributed by atoms with Gasteiger partial charge in [-0.1, -0.05) is 47.5 Å². The van der Waals surface area contributed by atoms with Crippen molar-refractivity contribution in [2.75, 3.05) is 0 Å². The average Bonchev–Trinajstić information content (AvgIpc) is 2.84. The van der Waals surface area contributed by atoms with Crippen molar-refractivity contribution in [3.63, 3.8) is 0 Å². The van der Waals surface area contributed by atoms with Crippen LogP contribution in [0.25, 0.3) is 5.69 Å². The van der Waals surface area contributed by atoms with E-state index in [0.717, 1.165) is 27.4 Å². The molecule has 0 unspecified atom stereocenters. The summed E-state index contributed by atoms with van der Waals surface area (Å²) in [5, 5.41) is 5.01. The van der Waals surface area contributed by atoms with Gasteiger partial charge in [-0.15, -0.1) is 0 Å². The van der Waals surface area contributed by atoms with Crippen molar-refractivity contribution in [1.82, 2.24) is 9.78 Å². The normalized spacial score (nSPS) is 12.3. The van der Waals surface area contributed by atoms with Crippen LogP contribution < -0.4 is 0 Å². The predicted molar refractivity (Wildman–Crippen MR) is 94.6 cm³/mol. The quantitative estimate of drug-likeness (QED) is 0.700. The number of hydrogen-bond acceptors (Lipinski definition) is 2. The van der Waals surface area contributed by atoms with E-state index in [1.165, 1.54) is 0 Å². The van der Waals surface area contributed by atoms with E-state index in [1.54, 1.807) is 4.68 Å². The number of halogens is 1. The largest absolute Gasteiger partial charge is 0.254 e. The van der Waals surface area contributed by atoms with Crippen molar-refractivity contribution in [3.05, 3.63) is 76.6 Å². The first-order chi connectivity index (χ1) is 11.1. The molecule has 3 aromatic rings. The van der Waals surface area contributed by atoms with Crippen LogP contribution in [0.1, 0.15) is 16.8 Å². The molecule has 0 N–H and O–H groups in total. The second-order valence-electron chi connectivity index (χ2n) is 5.41. The van der Waals surface area contributed by atoms with Crippen molar-refractivity contribution in [3.8, 4) is 5.69 Å². The fourth-order valence-electron chi connectivity index (χ4n) is 2.34. The highest BCUT2D eigenvalue weighted by Gasteiger charge is 2.17. The Labute approximate surface area is 143 Å². The number of nitrogens with zero attached hydrogens (tertiary/aromatic N) is 2. The molecule has 0 amide bonds. The van der Waals surface area contributed by atoms with E-state index >= 15 is 0 Å². The number of hydrogen-bond donors (Lipinski definition) is 0. The molecule has 5 heteroatoms. The fourth-order valence-corrected chi connectivity index (χ4v) is 3.97. The minimum absolute atomic E-state index is 0.362. The Balaban J connectivity index is 1.90. The summed E-state index contributed by atoms with van der Waals surface area (Å²) in [6.45, 7) is 3.91. The van der Waals surface area contributed by atoms with Crippen LogP contribution in [-0.2, 0) is 16.6 Å². The predicted octanol–water partition coefficient (Wildman–Crippen LogP) is 4.45. The van der Waals surface area contributed by atoms with Crippen LogP contribution in [0.15, 0.2) is 59.5 Å². The van der Waals surface area contributed by atoms with E-state index in [1.807, 2.05) is 68.4 Å². The third-order valence-corrected chi connectivity index (χ3v) is 5.42. The van der Waals surface area contributed by atoms with Gasteiger partial charge in [0.1, 0.15) is 5.15 Å². The molecule has 1 heterocycles. The Morgan fingerprint density at radius 1 is 1.04 bits per heavy atom. The maximum absolute atomic E-state index is 12.6. The summed E-state index contributed by atoms with van der Waals surface area (Å²) in [5.41, 5.74) is 3.68. The summed E-state index contributed by atoms with van der Waals surface area (Å²) in [5.74, 6) is 0.362. The molecule has 0 radical (unpaired) electrons. The molecule has 0 saturated heterocycles. The van der Waals surface area contributed by atoms with Crippen LogP contribution in [0.4, 0.5) is 0 Å². The summed E-state index contributed by atoms with van der Waals surface area (Å²) in [7, 11) is -1.14. The first-order valence-electron chi connectivity index (χ1n) is 7.30. The lowest BCUT2D eigenvalue weighted by molar-refractivity contribution is 0.682. The molecule has 0 aliphatic rings. The topological polar surface area (TPSA) is 34.9 Å². The van der Waals surface area contributed by atoms with E-state index in [0.29, 0.717) is 10.9 Å². The molecule has 0 aliphatic carbocycles. The van der Waals surface area contributed by atoms with Gasteiger partial charge in [0, 0.05) is 10.5 Å². The lowest BCUT2D eigenvalue weighted by atomic mass is 10.2. The van der Waals surface area contributed by atoms with Gasteiger partial charge in [-0.2, -0.15) is 5.10 Å². The van der Waals surface area contributed by atoms with Crippen LogP contribution in [0.3, 0.4) is 0 Å². The van der Waals surface area contributed by atoms with Crippen LogP contribution in [-0.4, -0.2) is 14.0 Å². The number of aromatic nitrogens is 2. The Bertz CT molecular complexity index is 841. The lowest BCUT2D eigenvalue weighted by Crippen LogP contribution is -1.99. The van der Waals surface area contributed by atoms with E-state index in [9.17, 15) is 4.21 Å². The highest BCUT2D eigenvalue weighted by atomic mass is 35.5. The number of benzene rings is 2. The van der Waals surface area contributed by atoms with Crippen molar-refractivity contribution >= 4 is 22.4 Å². The Hall–Kier alpha value is -1.91.